The highest BCUT2D eigenvalue weighted by atomic mass is 35.5. The van der Waals surface area contributed by atoms with E-state index in [1.165, 1.54) is 11.8 Å². The zero-order chi connectivity index (χ0) is 20.1. The number of hydrogen-bond acceptors (Lipinski definition) is 4. The fraction of sp³-hybridized carbons (Fsp3) is 0.190. The Kier molecular flexibility index (Phi) is 6.88. The summed E-state index contributed by atoms with van der Waals surface area (Å²) in [6, 6.07) is 15.0. The SMILES string of the molecule is Cc1ccc(NC(=O)CCCN2C(=O)/C(=C/c3ccccc3Cl)SC2=S)cc1. The summed E-state index contributed by atoms with van der Waals surface area (Å²) < 4.78 is 0.502. The summed E-state index contributed by atoms with van der Waals surface area (Å²) in [5.41, 5.74) is 2.68. The van der Waals surface area contributed by atoms with Crippen LogP contribution in [0.1, 0.15) is 24.0 Å². The van der Waals surface area contributed by atoms with E-state index in [0.29, 0.717) is 33.6 Å². The van der Waals surface area contributed by atoms with Gasteiger partial charge in [-0.15, -0.1) is 0 Å². The standard InChI is InChI=1S/C21H19ClN2O2S2/c1-14-8-10-16(11-9-14)23-19(25)7-4-12-24-20(26)18(28-21(24)27)13-15-5-2-3-6-17(15)22/h2-3,5-6,8-11,13H,4,7,12H2,1H3,(H,23,25)/b18-13-. The Morgan fingerprint density at radius 2 is 1.93 bits per heavy atom. The number of anilines is 1. The van der Waals surface area contributed by atoms with Crippen LogP contribution in [0.2, 0.25) is 5.02 Å². The molecule has 2 aromatic carbocycles. The smallest absolute Gasteiger partial charge is 0.266 e. The molecule has 2 aromatic rings. The van der Waals surface area contributed by atoms with Crippen LogP contribution in [-0.4, -0.2) is 27.6 Å². The number of thioether (sulfide) groups is 1. The van der Waals surface area contributed by atoms with Gasteiger partial charge in [0.15, 0.2) is 0 Å². The largest absolute Gasteiger partial charge is 0.326 e. The molecule has 0 radical (unpaired) electrons. The van der Waals surface area contributed by atoms with Crippen LogP contribution >= 0.6 is 35.6 Å². The van der Waals surface area contributed by atoms with Crippen molar-refractivity contribution in [3.05, 3.63) is 69.6 Å². The number of amides is 2. The summed E-state index contributed by atoms with van der Waals surface area (Å²) in [5, 5.41) is 3.44. The van der Waals surface area contributed by atoms with Crippen molar-refractivity contribution in [1.29, 1.82) is 0 Å². The number of carbonyl (C=O) groups excluding carboxylic acids is 2. The van der Waals surface area contributed by atoms with Crippen LogP contribution in [0, 0.1) is 6.92 Å². The lowest BCUT2D eigenvalue weighted by molar-refractivity contribution is -0.122. The maximum Gasteiger partial charge on any atom is 0.266 e. The maximum absolute atomic E-state index is 12.6. The molecule has 0 saturated carbocycles. The topological polar surface area (TPSA) is 49.4 Å². The molecule has 0 aliphatic carbocycles. The van der Waals surface area contributed by atoms with Gasteiger partial charge in [0.2, 0.25) is 5.91 Å². The van der Waals surface area contributed by atoms with Gasteiger partial charge in [-0.25, -0.2) is 0 Å². The van der Waals surface area contributed by atoms with Crippen LogP contribution in [0.25, 0.3) is 6.08 Å². The van der Waals surface area contributed by atoms with Crippen LogP contribution < -0.4 is 5.32 Å². The third kappa shape index (κ3) is 5.22. The molecule has 1 N–H and O–H groups in total. The molecule has 3 rings (SSSR count). The van der Waals surface area contributed by atoms with E-state index in [4.69, 9.17) is 23.8 Å². The molecule has 1 aliphatic heterocycles. The Morgan fingerprint density at radius 1 is 1.21 bits per heavy atom. The van der Waals surface area contributed by atoms with E-state index in [-0.39, 0.29) is 11.8 Å². The number of nitrogens with one attached hydrogen (secondary N) is 1. The van der Waals surface area contributed by atoms with Crippen molar-refractivity contribution < 1.29 is 9.59 Å². The number of hydrogen-bond donors (Lipinski definition) is 1. The van der Waals surface area contributed by atoms with E-state index in [0.717, 1.165) is 16.8 Å². The summed E-state index contributed by atoms with van der Waals surface area (Å²) in [6.45, 7) is 2.40. The van der Waals surface area contributed by atoms with Gasteiger partial charge in [0.25, 0.3) is 5.91 Å². The van der Waals surface area contributed by atoms with Gasteiger partial charge >= 0.3 is 0 Å². The minimum absolute atomic E-state index is 0.0825. The van der Waals surface area contributed by atoms with Crippen LogP contribution in [0.4, 0.5) is 5.69 Å². The molecule has 0 atom stereocenters. The maximum atomic E-state index is 12.6. The fourth-order valence-corrected chi connectivity index (χ4v) is 4.17. The molecule has 0 bridgehead atoms. The minimum atomic E-state index is -0.145. The average Bonchev–Trinajstić information content (AvgIpc) is 2.93. The minimum Gasteiger partial charge on any atom is -0.326 e. The molecule has 1 heterocycles. The van der Waals surface area contributed by atoms with Gasteiger partial charge in [-0.3, -0.25) is 14.5 Å². The van der Waals surface area contributed by atoms with E-state index in [1.807, 2.05) is 49.4 Å². The van der Waals surface area contributed by atoms with Gasteiger partial charge in [0.1, 0.15) is 4.32 Å². The lowest BCUT2D eigenvalue weighted by atomic mass is 10.2. The number of benzene rings is 2. The highest BCUT2D eigenvalue weighted by Gasteiger charge is 2.31. The molecular weight excluding hydrogens is 412 g/mol. The van der Waals surface area contributed by atoms with Crippen molar-refractivity contribution >= 4 is 63.5 Å². The zero-order valence-corrected chi connectivity index (χ0v) is 17.7. The summed E-state index contributed by atoms with van der Waals surface area (Å²) in [6.07, 6.45) is 2.60. The van der Waals surface area contributed by atoms with Crippen molar-refractivity contribution in [3.63, 3.8) is 0 Å². The number of aryl methyl sites for hydroxylation is 1. The number of rotatable bonds is 6. The molecule has 1 aliphatic rings. The normalized spacial score (nSPS) is 15.4. The first kappa shape index (κ1) is 20.6. The van der Waals surface area contributed by atoms with E-state index >= 15 is 0 Å². The van der Waals surface area contributed by atoms with Gasteiger partial charge in [-0.2, -0.15) is 0 Å². The summed E-state index contributed by atoms with van der Waals surface area (Å²) in [7, 11) is 0. The first-order valence-electron chi connectivity index (χ1n) is 8.80. The second-order valence-electron chi connectivity index (χ2n) is 6.37. The first-order valence-corrected chi connectivity index (χ1v) is 10.4. The van der Waals surface area contributed by atoms with Gasteiger partial charge < -0.3 is 5.32 Å². The Labute approximate surface area is 178 Å². The molecular formula is C21H19ClN2O2S2. The Balaban J connectivity index is 1.54. The Bertz CT molecular complexity index is 942. The molecule has 7 heteroatoms. The van der Waals surface area contributed by atoms with E-state index < -0.39 is 0 Å². The van der Waals surface area contributed by atoms with Crippen molar-refractivity contribution in [2.45, 2.75) is 19.8 Å². The molecule has 1 fully saturated rings. The molecule has 0 aromatic heterocycles. The predicted octanol–water partition coefficient (Wildman–Crippen LogP) is 5.27. The van der Waals surface area contributed by atoms with Crippen LogP contribution in [0.15, 0.2) is 53.4 Å². The third-order valence-electron chi connectivity index (χ3n) is 4.19. The third-order valence-corrected chi connectivity index (χ3v) is 5.91. The quantitative estimate of drug-likeness (QED) is 0.501. The van der Waals surface area contributed by atoms with E-state index in [1.54, 1.807) is 17.0 Å². The number of carbonyl (C=O) groups is 2. The predicted molar refractivity (Wildman–Crippen MR) is 120 cm³/mol. The number of nitrogens with zero attached hydrogens (tertiary/aromatic N) is 1. The van der Waals surface area contributed by atoms with Crippen molar-refractivity contribution in [2.75, 3.05) is 11.9 Å². The summed E-state index contributed by atoms with van der Waals surface area (Å²) in [4.78, 5) is 26.8. The van der Waals surface area contributed by atoms with Crippen LogP contribution in [-0.2, 0) is 9.59 Å². The Morgan fingerprint density at radius 3 is 2.64 bits per heavy atom. The Hall–Kier alpha value is -2.15. The molecule has 0 spiro atoms. The highest BCUT2D eigenvalue weighted by molar-refractivity contribution is 8.26. The fourth-order valence-electron chi connectivity index (χ4n) is 2.68. The lowest BCUT2D eigenvalue weighted by Crippen LogP contribution is -2.29. The lowest BCUT2D eigenvalue weighted by Gasteiger charge is -2.14. The molecule has 28 heavy (non-hydrogen) atoms. The molecule has 144 valence electrons. The van der Waals surface area contributed by atoms with Gasteiger partial charge in [-0.05, 0) is 43.2 Å². The van der Waals surface area contributed by atoms with Gasteiger partial charge in [-0.1, -0.05) is 71.5 Å². The van der Waals surface area contributed by atoms with Crippen molar-refractivity contribution in [2.24, 2.45) is 0 Å². The molecule has 2 amide bonds. The van der Waals surface area contributed by atoms with Gasteiger partial charge in [0.05, 0.1) is 4.91 Å². The van der Waals surface area contributed by atoms with E-state index in [9.17, 15) is 9.59 Å². The summed E-state index contributed by atoms with van der Waals surface area (Å²) >= 11 is 12.8. The number of thiocarbonyl (C=S) groups is 1. The van der Waals surface area contributed by atoms with Crippen molar-refractivity contribution in [3.8, 4) is 0 Å². The van der Waals surface area contributed by atoms with E-state index in [2.05, 4.69) is 5.32 Å². The monoisotopic (exact) mass is 430 g/mol. The van der Waals surface area contributed by atoms with Crippen LogP contribution in [0.5, 0.6) is 0 Å². The summed E-state index contributed by atoms with van der Waals surface area (Å²) in [5.74, 6) is -0.227. The van der Waals surface area contributed by atoms with Crippen molar-refractivity contribution in [1.82, 2.24) is 4.90 Å². The second-order valence-corrected chi connectivity index (χ2v) is 8.46. The molecule has 0 unspecified atom stereocenters. The molecule has 1 saturated heterocycles. The zero-order valence-electron chi connectivity index (χ0n) is 15.3. The van der Waals surface area contributed by atoms with Crippen LogP contribution in [0.3, 0.4) is 0 Å². The second kappa shape index (κ2) is 9.37. The average molecular weight is 431 g/mol. The number of halogens is 1. The van der Waals surface area contributed by atoms with Gasteiger partial charge in [0, 0.05) is 23.7 Å². The first-order chi connectivity index (χ1) is 13.4. The molecule has 4 nitrogen and oxygen atoms in total. The highest BCUT2D eigenvalue weighted by Crippen LogP contribution is 2.33.